The molecule has 2 aromatic heterocycles. The van der Waals surface area contributed by atoms with Crippen LogP contribution in [0.3, 0.4) is 0 Å². The van der Waals surface area contributed by atoms with E-state index in [2.05, 4.69) is 95.8 Å². The van der Waals surface area contributed by atoms with Gasteiger partial charge in [-0.2, -0.15) is 5.26 Å². The summed E-state index contributed by atoms with van der Waals surface area (Å²) < 4.78 is 0. The molecule has 6 heteroatoms. The predicted molar refractivity (Wildman–Crippen MR) is 250 cm³/mol. The van der Waals surface area contributed by atoms with Crippen LogP contribution >= 0.6 is 0 Å². The molecule has 0 atom stereocenters. The smallest absolute Gasteiger partial charge is 0.187 e. The molecular weight excluding hydrogens is 757 g/mol. The second-order valence-electron chi connectivity index (χ2n) is 14.9. The van der Waals surface area contributed by atoms with Crippen molar-refractivity contribution in [2.75, 3.05) is 0 Å². The van der Waals surface area contributed by atoms with E-state index in [0.717, 1.165) is 89.2 Å². The van der Waals surface area contributed by atoms with Gasteiger partial charge in [0.1, 0.15) is 0 Å². The Labute approximate surface area is 359 Å². The van der Waals surface area contributed by atoms with Crippen LogP contribution in [0.1, 0.15) is 5.56 Å². The Hall–Kier alpha value is -8.84. The monoisotopic (exact) mass is 790 g/mol. The van der Waals surface area contributed by atoms with Gasteiger partial charge in [0.05, 0.1) is 41.0 Å². The van der Waals surface area contributed by atoms with Crippen molar-refractivity contribution in [3.63, 3.8) is 0 Å². The van der Waals surface area contributed by atoms with Crippen LogP contribution in [0.4, 0.5) is 5.69 Å². The lowest BCUT2D eigenvalue weighted by Gasteiger charge is -2.13. The van der Waals surface area contributed by atoms with Gasteiger partial charge in [-0.3, -0.25) is 0 Å². The maximum atomic E-state index is 9.57. The number of benzene rings is 8. The maximum absolute atomic E-state index is 9.57. The van der Waals surface area contributed by atoms with Crippen molar-refractivity contribution in [3.05, 3.63) is 223 Å². The van der Waals surface area contributed by atoms with E-state index >= 15 is 0 Å². The van der Waals surface area contributed by atoms with E-state index < -0.39 is 0 Å². The molecule has 2 heterocycles. The lowest BCUT2D eigenvalue weighted by molar-refractivity contribution is 1.18. The third-order valence-electron chi connectivity index (χ3n) is 11.0. The van der Waals surface area contributed by atoms with Crippen LogP contribution in [0.15, 0.2) is 206 Å². The number of nitrogens with zero attached hydrogens (tertiary/aromatic N) is 6. The summed E-state index contributed by atoms with van der Waals surface area (Å²) in [4.78, 5) is 23.5. The molecule has 0 aliphatic heterocycles. The van der Waals surface area contributed by atoms with E-state index in [1.165, 1.54) is 0 Å². The molecule has 62 heavy (non-hydrogen) atoms. The molecule has 10 rings (SSSR count). The summed E-state index contributed by atoms with van der Waals surface area (Å²) in [7, 11) is 0. The quantitative estimate of drug-likeness (QED) is 0.143. The third kappa shape index (κ3) is 7.48. The lowest BCUT2D eigenvalue weighted by Crippen LogP contribution is -1.96. The Morgan fingerprint density at radius 2 is 0.742 bits per heavy atom. The number of aromatic nitrogens is 4. The molecule has 10 aromatic rings. The fourth-order valence-electron chi connectivity index (χ4n) is 7.86. The fraction of sp³-hybridized carbons (Fsp3) is 0. The molecule has 0 aliphatic carbocycles. The molecule has 0 saturated carbocycles. The molecule has 6 nitrogen and oxygen atoms in total. The van der Waals surface area contributed by atoms with Crippen LogP contribution in [0.2, 0.25) is 0 Å². The van der Waals surface area contributed by atoms with Crippen LogP contribution in [0, 0.1) is 17.9 Å². The molecule has 0 spiro atoms. The Bertz CT molecular complexity index is 3120. The van der Waals surface area contributed by atoms with Crippen molar-refractivity contribution in [2.24, 2.45) is 0 Å². The minimum absolute atomic E-state index is 0.548. The standard InChI is InChI=1S/C56H34N6/c1-58-46-19-9-18-45(33-46)56-60-52(41-15-6-3-7-16-41)35-54(62-56)43-30-26-39(27-31-43)48-21-11-22-49-47(20-10-23-50(48)49)38-24-28-42(29-25-38)53-34-51(40-13-4-2-5-14-40)59-55(61-53)44-17-8-12-37(32-44)36-57/h2-35H. The first-order valence-electron chi connectivity index (χ1n) is 20.2. The van der Waals surface area contributed by atoms with Gasteiger partial charge in [0.2, 0.25) is 0 Å². The first-order chi connectivity index (χ1) is 30.6. The van der Waals surface area contributed by atoms with Gasteiger partial charge in [-0.1, -0.05) is 176 Å². The Kier molecular flexibility index (Phi) is 9.92. The highest BCUT2D eigenvalue weighted by molar-refractivity contribution is 6.04. The summed E-state index contributed by atoms with van der Waals surface area (Å²) in [5, 5.41) is 11.9. The van der Waals surface area contributed by atoms with Crippen LogP contribution in [-0.4, -0.2) is 19.9 Å². The first-order valence-corrected chi connectivity index (χ1v) is 20.2. The number of nitriles is 1. The summed E-state index contributed by atoms with van der Waals surface area (Å²) in [5.41, 5.74) is 14.3. The number of rotatable bonds is 8. The van der Waals surface area contributed by atoms with Gasteiger partial charge in [0, 0.05) is 33.4 Å². The van der Waals surface area contributed by atoms with Crippen molar-refractivity contribution < 1.29 is 0 Å². The van der Waals surface area contributed by atoms with Crippen LogP contribution in [0.25, 0.3) is 106 Å². The van der Waals surface area contributed by atoms with Gasteiger partial charge in [-0.25, -0.2) is 24.8 Å². The van der Waals surface area contributed by atoms with Crippen LogP contribution < -0.4 is 0 Å². The van der Waals surface area contributed by atoms with E-state index in [0.29, 0.717) is 22.9 Å². The Balaban J connectivity index is 0.985. The highest BCUT2D eigenvalue weighted by atomic mass is 14.9. The van der Waals surface area contributed by atoms with Crippen molar-refractivity contribution >= 4 is 16.5 Å². The van der Waals surface area contributed by atoms with Gasteiger partial charge in [0.25, 0.3) is 0 Å². The minimum Gasteiger partial charge on any atom is -0.238 e. The molecule has 0 aliphatic rings. The van der Waals surface area contributed by atoms with Gasteiger partial charge in [0.15, 0.2) is 17.3 Å². The van der Waals surface area contributed by atoms with Crippen LogP contribution in [0.5, 0.6) is 0 Å². The van der Waals surface area contributed by atoms with Crippen molar-refractivity contribution in [3.8, 4) is 96.1 Å². The molecule has 8 aromatic carbocycles. The van der Waals surface area contributed by atoms with E-state index in [9.17, 15) is 5.26 Å². The Morgan fingerprint density at radius 3 is 1.19 bits per heavy atom. The fourth-order valence-corrected chi connectivity index (χ4v) is 7.86. The van der Waals surface area contributed by atoms with Crippen molar-refractivity contribution in [1.82, 2.24) is 19.9 Å². The molecule has 0 radical (unpaired) electrons. The molecule has 0 bridgehead atoms. The zero-order chi connectivity index (χ0) is 41.8. The lowest BCUT2D eigenvalue weighted by atomic mass is 9.92. The Morgan fingerprint density at radius 1 is 0.355 bits per heavy atom. The SMILES string of the molecule is [C-]#[N+]c1cccc(-c2nc(-c3ccccc3)cc(-c3ccc(-c4cccc5c(-c6ccc(-c7cc(-c8ccccc8)nc(-c8cccc(C#N)c8)n7)cc6)cccc45)cc3)n2)c1. The average Bonchev–Trinajstić information content (AvgIpc) is 3.36. The van der Waals surface area contributed by atoms with Gasteiger partial charge >= 0.3 is 0 Å². The van der Waals surface area contributed by atoms with Crippen LogP contribution in [-0.2, 0) is 0 Å². The molecule has 0 saturated heterocycles. The molecule has 0 unspecified atom stereocenters. The summed E-state index contributed by atoms with van der Waals surface area (Å²) >= 11 is 0. The maximum Gasteiger partial charge on any atom is 0.187 e. The van der Waals surface area contributed by atoms with Crippen molar-refractivity contribution in [2.45, 2.75) is 0 Å². The van der Waals surface area contributed by atoms with E-state index in [1.54, 1.807) is 12.1 Å². The number of fused-ring (bicyclic) bond motifs is 1. The molecule has 0 amide bonds. The van der Waals surface area contributed by atoms with Crippen molar-refractivity contribution in [1.29, 1.82) is 5.26 Å². The zero-order valence-electron chi connectivity index (χ0n) is 33.3. The summed E-state index contributed by atoms with van der Waals surface area (Å²) in [6.07, 6.45) is 0. The predicted octanol–water partition coefficient (Wildman–Crippen LogP) is 14.2. The average molecular weight is 791 g/mol. The highest BCUT2D eigenvalue weighted by Crippen LogP contribution is 2.37. The third-order valence-corrected chi connectivity index (χ3v) is 11.0. The molecule has 288 valence electrons. The molecular formula is C56H34N6. The van der Waals surface area contributed by atoms with Gasteiger partial charge < -0.3 is 0 Å². The summed E-state index contributed by atoms with van der Waals surface area (Å²) in [5.74, 6) is 1.14. The zero-order valence-corrected chi connectivity index (χ0v) is 33.3. The number of hydrogen-bond donors (Lipinski definition) is 0. The van der Waals surface area contributed by atoms with E-state index in [4.69, 9.17) is 26.5 Å². The summed E-state index contributed by atoms with van der Waals surface area (Å²) in [6.45, 7) is 7.53. The normalized spacial score (nSPS) is 10.9. The first kappa shape index (κ1) is 37.4. The summed E-state index contributed by atoms with van der Waals surface area (Å²) in [6, 6.07) is 71.4. The van der Waals surface area contributed by atoms with Gasteiger partial charge in [-0.15, -0.1) is 0 Å². The number of hydrogen-bond acceptors (Lipinski definition) is 5. The largest absolute Gasteiger partial charge is 0.238 e. The van der Waals surface area contributed by atoms with E-state index in [-0.39, 0.29) is 0 Å². The minimum atomic E-state index is 0.548. The van der Waals surface area contributed by atoms with E-state index in [1.807, 2.05) is 109 Å². The topological polar surface area (TPSA) is 79.7 Å². The molecule has 0 N–H and O–H groups in total. The second-order valence-corrected chi connectivity index (χ2v) is 14.9. The second kappa shape index (κ2) is 16.4. The van der Waals surface area contributed by atoms with Gasteiger partial charge in [-0.05, 0) is 63.4 Å². The molecule has 0 fully saturated rings. The highest BCUT2D eigenvalue weighted by Gasteiger charge is 2.15.